The molecule has 2 aromatic carbocycles. The highest BCUT2D eigenvalue weighted by Gasteiger charge is 2.67. The lowest BCUT2D eigenvalue weighted by molar-refractivity contribution is -0.192. The fourth-order valence-electron chi connectivity index (χ4n) is 5.28. The van der Waals surface area contributed by atoms with Crippen molar-refractivity contribution in [2.24, 2.45) is 11.8 Å². The van der Waals surface area contributed by atoms with Crippen molar-refractivity contribution in [3.8, 4) is 0 Å². The first-order valence-electron chi connectivity index (χ1n) is 12.6. The van der Waals surface area contributed by atoms with Gasteiger partial charge in [-0.25, -0.2) is 4.79 Å². The third kappa shape index (κ3) is 6.40. The van der Waals surface area contributed by atoms with Crippen molar-refractivity contribution in [1.29, 1.82) is 0 Å². The van der Waals surface area contributed by atoms with Gasteiger partial charge in [0, 0.05) is 25.2 Å². The van der Waals surface area contributed by atoms with Crippen LogP contribution in [0, 0.1) is 11.8 Å². The molecule has 0 saturated carbocycles. The Bertz CT molecular complexity index is 1290. The molecule has 0 radical (unpaired) electrons. The maximum Gasteiger partial charge on any atom is 0.490 e. The molecule has 2 fully saturated rings. The van der Waals surface area contributed by atoms with Gasteiger partial charge in [0.1, 0.15) is 5.54 Å². The standard InChI is InChI=1S/C26H29N3O5.C2HF3O2/c1-4-26(25(33)34-3)21-20(23(31)29(24(21)32)15-17-11-7-5-8-12-17)19(27-26)16-28(2)22(30)18-13-9-6-10-14-18;3-2(4,5)1(6)7/h5-14,19-21,27H,4,15-16H2,1-3H3;(H,6,7)/t19-,20+,21-,26-;/m1./s1. The monoisotopic (exact) mass is 577 g/mol. The van der Waals surface area contributed by atoms with Gasteiger partial charge in [-0.3, -0.25) is 29.4 Å². The first-order chi connectivity index (χ1) is 19.3. The number of methoxy groups -OCH3 is 1. The number of carbonyl (C=O) groups excluding carboxylic acids is 4. The smallest absolute Gasteiger partial charge is 0.475 e. The summed E-state index contributed by atoms with van der Waals surface area (Å²) in [7, 11) is 2.93. The Morgan fingerprint density at radius 2 is 1.56 bits per heavy atom. The van der Waals surface area contributed by atoms with Crippen LogP contribution in [0.1, 0.15) is 29.3 Å². The Labute approximate surface area is 234 Å². The number of esters is 1. The molecule has 4 atom stereocenters. The minimum absolute atomic E-state index is 0.137. The number of carboxylic acid groups (broad SMARTS) is 1. The van der Waals surface area contributed by atoms with Crippen LogP contribution in [0.5, 0.6) is 0 Å². The van der Waals surface area contributed by atoms with Gasteiger partial charge in [0.05, 0.1) is 25.5 Å². The summed E-state index contributed by atoms with van der Waals surface area (Å²) in [4.78, 5) is 64.7. The van der Waals surface area contributed by atoms with E-state index >= 15 is 0 Å². The Balaban J connectivity index is 0.000000587. The number of hydrogen-bond acceptors (Lipinski definition) is 7. The zero-order valence-corrected chi connectivity index (χ0v) is 22.6. The average Bonchev–Trinajstić information content (AvgIpc) is 3.42. The predicted molar refractivity (Wildman–Crippen MR) is 138 cm³/mol. The van der Waals surface area contributed by atoms with Crippen molar-refractivity contribution < 1.29 is 47.0 Å². The molecule has 2 aliphatic heterocycles. The number of benzene rings is 2. The second-order valence-corrected chi connectivity index (χ2v) is 9.67. The van der Waals surface area contributed by atoms with Gasteiger partial charge in [-0.05, 0) is 24.1 Å². The van der Waals surface area contributed by atoms with Crippen LogP contribution in [0.25, 0.3) is 0 Å². The van der Waals surface area contributed by atoms with Crippen LogP contribution in [0.4, 0.5) is 13.2 Å². The van der Waals surface area contributed by atoms with E-state index in [2.05, 4.69) is 5.32 Å². The molecule has 2 N–H and O–H groups in total. The van der Waals surface area contributed by atoms with E-state index in [-0.39, 0.29) is 31.3 Å². The number of likely N-dealkylation sites (tertiary alicyclic amines) is 1. The van der Waals surface area contributed by atoms with E-state index in [1.54, 1.807) is 38.2 Å². The zero-order chi connectivity index (χ0) is 30.5. The zero-order valence-electron chi connectivity index (χ0n) is 22.6. The van der Waals surface area contributed by atoms with Crippen molar-refractivity contribution in [2.75, 3.05) is 20.7 Å². The predicted octanol–water partition coefficient (Wildman–Crippen LogP) is 2.49. The van der Waals surface area contributed by atoms with E-state index in [9.17, 15) is 32.3 Å². The Hall–Kier alpha value is -4.26. The summed E-state index contributed by atoms with van der Waals surface area (Å²) >= 11 is 0. The van der Waals surface area contributed by atoms with Gasteiger partial charge in [-0.2, -0.15) is 13.2 Å². The van der Waals surface area contributed by atoms with Gasteiger partial charge < -0.3 is 14.7 Å². The summed E-state index contributed by atoms with van der Waals surface area (Å²) in [5.74, 6) is -5.94. The molecule has 4 rings (SSSR count). The number of rotatable bonds is 7. The van der Waals surface area contributed by atoms with E-state index in [4.69, 9.17) is 14.6 Å². The topological polar surface area (TPSA) is 133 Å². The quantitative estimate of drug-likeness (QED) is 0.379. The van der Waals surface area contributed by atoms with Crippen LogP contribution in [-0.4, -0.2) is 83.0 Å². The fourth-order valence-corrected chi connectivity index (χ4v) is 5.28. The third-order valence-electron chi connectivity index (χ3n) is 7.22. The van der Waals surface area contributed by atoms with Crippen molar-refractivity contribution in [3.63, 3.8) is 0 Å². The molecule has 2 aromatic rings. The fraction of sp³-hybridized carbons (Fsp3) is 0.393. The van der Waals surface area contributed by atoms with Crippen LogP contribution in [-0.2, 0) is 30.5 Å². The number of ether oxygens (including phenoxy) is 1. The summed E-state index contributed by atoms with van der Waals surface area (Å²) in [6.07, 6.45) is -4.81. The molecule has 0 aromatic heterocycles. The number of nitrogens with zero attached hydrogens (tertiary/aromatic N) is 2. The number of likely N-dealkylation sites (N-methyl/N-ethyl adjacent to an activating group) is 1. The number of halogens is 3. The Kier molecular flexibility index (Phi) is 9.53. The molecule has 13 heteroatoms. The summed E-state index contributed by atoms with van der Waals surface area (Å²) in [5, 5.41) is 10.4. The van der Waals surface area contributed by atoms with Gasteiger partial charge in [-0.1, -0.05) is 55.5 Å². The number of amides is 3. The van der Waals surface area contributed by atoms with Crippen molar-refractivity contribution in [3.05, 3.63) is 71.8 Å². The van der Waals surface area contributed by atoms with E-state index < -0.39 is 47.4 Å². The van der Waals surface area contributed by atoms with E-state index in [0.29, 0.717) is 5.56 Å². The molecule has 0 aliphatic carbocycles. The molecule has 3 amide bonds. The first-order valence-corrected chi connectivity index (χ1v) is 12.6. The van der Waals surface area contributed by atoms with Crippen LogP contribution in [0.2, 0.25) is 0 Å². The molecular formula is C28H30F3N3O7. The molecule has 2 aliphatic rings. The van der Waals surface area contributed by atoms with Gasteiger partial charge in [0.15, 0.2) is 0 Å². The number of alkyl halides is 3. The highest BCUT2D eigenvalue weighted by atomic mass is 19.4. The SMILES string of the molecule is CC[C@@]1(C(=O)OC)N[C@H](CN(C)C(=O)c2ccccc2)[C@@H]2C(=O)N(Cc3ccccc3)C(=O)[C@@H]21.O=C(O)C(F)(F)F. The highest BCUT2D eigenvalue weighted by molar-refractivity contribution is 6.09. The van der Waals surface area contributed by atoms with Crippen molar-refractivity contribution >= 4 is 29.7 Å². The molecule has 0 unspecified atom stereocenters. The Morgan fingerprint density at radius 1 is 1.02 bits per heavy atom. The number of imide groups is 1. The van der Waals surface area contributed by atoms with Crippen LogP contribution in [0.3, 0.4) is 0 Å². The molecule has 2 heterocycles. The maximum absolute atomic E-state index is 13.6. The van der Waals surface area contributed by atoms with Gasteiger partial charge in [-0.15, -0.1) is 0 Å². The lowest BCUT2D eigenvalue weighted by Gasteiger charge is -2.32. The van der Waals surface area contributed by atoms with Crippen molar-refractivity contribution in [2.45, 2.75) is 37.6 Å². The van der Waals surface area contributed by atoms with Gasteiger partial charge in [0.2, 0.25) is 11.8 Å². The molecule has 0 bridgehead atoms. The van der Waals surface area contributed by atoms with E-state index in [1.165, 1.54) is 16.9 Å². The Morgan fingerprint density at radius 3 is 2.05 bits per heavy atom. The van der Waals surface area contributed by atoms with Crippen LogP contribution in [0.15, 0.2) is 60.7 Å². The summed E-state index contributed by atoms with van der Waals surface area (Å²) in [6.45, 7) is 2.09. The average molecular weight is 578 g/mol. The first kappa shape index (κ1) is 31.3. The second-order valence-electron chi connectivity index (χ2n) is 9.67. The van der Waals surface area contributed by atoms with Crippen molar-refractivity contribution in [1.82, 2.24) is 15.1 Å². The third-order valence-corrected chi connectivity index (χ3v) is 7.22. The molecule has 0 spiro atoms. The second kappa shape index (κ2) is 12.5. The minimum Gasteiger partial charge on any atom is -0.475 e. The molecule has 41 heavy (non-hydrogen) atoms. The lowest BCUT2D eigenvalue weighted by Crippen LogP contribution is -2.58. The molecule has 10 nitrogen and oxygen atoms in total. The lowest BCUT2D eigenvalue weighted by atomic mass is 9.78. The number of fused-ring (bicyclic) bond motifs is 1. The number of aliphatic carboxylic acids is 1. The maximum atomic E-state index is 13.6. The summed E-state index contributed by atoms with van der Waals surface area (Å²) in [6, 6.07) is 17.5. The van der Waals surface area contributed by atoms with Gasteiger partial charge >= 0.3 is 18.1 Å². The summed E-state index contributed by atoms with van der Waals surface area (Å²) < 4.78 is 36.8. The van der Waals surface area contributed by atoms with Gasteiger partial charge in [0.25, 0.3) is 5.91 Å². The highest BCUT2D eigenvalue weighted by Crippen LogP contribution is 2.45. The van der Waals surface area contributed by atoms with E-state index in [0.717, 1.165) is 5.56 Å². The molecular weight excluding hydrogens is 547 g/mol. The molecule has 220 valence electrons. The number of carbonyl (C=O) groups is 5. The normalized spacial score (nSPS) is 23.4. The minimum atomic E-state index is -5.08. The van der Waals surface area contributed by atoms with E-state index in [1.807, 2.05) is 36.4 Å². The number of hydrogen-bond donors (Lipinski definition) is 2. The van der Waals surface area contributed by atoms with Crippen LogP contribution >= 0.6 is 0 Å². The largest absolute Gasteiger partial charge is 0.490 e. The molecule has 2 saturated heterocycles. The van der Waals surface area contributed by atoms with Crippen LogP contribution < -0.4 is 5.32 Å². The number of nitrogens with one attached hydrogen (secondary N) is 1. The summed E-state index contributed by atoms with van der Waals surface area (Å²) in [5.41, 5.74) is 0.0119. The number of carboxylic acids is 1.